The van der Waals surface area contributed by atoms with Crippen molar-refractivity contribution in [3.63, 3.8) is 0 Å². The van der Waals surface area contributed by atoms with Gasteiger partial charge in [-0.25, -0.2) is 0 Å². The van der Waals surface area contributed by atoms with E-state index in [0.717, 1.165) is 38.8 Å². The monoisotopic (exact) mass is 393 g/mol. The van der Waals surface area contributed by atoms with Gasteiger partial charge in [-0.3, -0.25) is 19.7 Å². The molecule has 7 heteroatoms. The van der Waals surface area contributed by atoms with Gasteiger partial charge in [0.15, 0.2) is 0 Å². The molecule has 0 radical (unpaired) electrons. The predicted molar refractivity (Wildman–Crippen MR) is 112 cm³/mol. The standard InChI is InChI=1S/C22H23N3O4/c26-21(12-11-17-7-5-10-20(15-17)25(28)29)23-19-9-6-8-18(16-19)22(27)24-13-3-1-2-4-14-24/h5-12,15-16H,1-4,13-14H2,(H,23,26)/b12-11+. The zero-order chi connectivity index (χ0) is 20.6. The van der Waals surface area contributed by atoms with Crippen LogP contribution >= 0.6 is 0 Å². The molecule has 0 spiro atoms. The summed E-state index contributed by atoms with van der Waals surface area (Å²) in [4.78, 5) is 37.2. The summed E-state index contributed by atoms with van der Waals surface area (Å²) in [5, 5.41) is 13.6. The van der Waals surface area contributed by atoms with E-state index in [-0.39, 0.29) is 17.5 Å². The lowest BCUT2D eigenvalue weighted by Gasteiger charge is -2.20. The van der Waals surface area contributed by atoms with Gasteiger partial charge in [0.2, 0.25) is 5.91 Å². The van der Waals surface area contributed by atoms with Crippen LogP contribution in [0, 0.1) is 10.1 Å². The van der Waals surface area contributed by atoms with E-state index >= 15 is 0 Å². The molecule has 2 aromatic carbocycles. The Balaban J connectivity index is 1.65. The number of amides is 2. The van der Waals surface area contributed by atoms with Crippen molar-refractivity contribution in [3.05, 3.63) is 75.8 Å². The Labute approximate surface area is 169 Å². The lowest BCUT2D eigenvalue weighted by molar-refractivity contribution is -0.384. The van der Waals surface area contributed by atoms with Crippen LogP contribution in [-0.4, -0.2) is 34.7 Å². The molecule has 0 aliphatic carbocycles. The highest BCUT2D eigenvalue weighted by Gasteiger charge is 2.17. The van der Waals surface area contributed by atoms with Gasteiger partial charge in [0.05, 0.1) is 4.92 Å². The van der Waals surface area contributed by atoms with Crippen LogP contribution in [0.5, 0.6) is 0 Å². The highest BCUT2D eigenvalue weighted by Crippen LogP contribution is 2.17. The molecule has 7 nitrogen and oxygen atoms in total. The van der Waals surface area contributed by atoms with Gasteiger partial charge >= 0.3 is 0 Å². The predicted octanol–water partition coefficient (Wildman–Crippen LogP) is 4.26. The van der Waals surface area contributed by atoms with E-state index < -0.39 is 4.92 Å². The van der Waals surface area contributed by atoms with Gasteiger partial charge in [0.1, 0.15) is 0 Å². The summed E-state index contributed by atoms with van der Waals surface area (Å²) >= 11 is 0. The average Bonchev–Trinajstić information content (AvgIpc) is 3.02. The van der Waals surface area contributed by atoms with E-state index in [9.17, 15) is 19.7 Å². The number of nitrogens with zero attached hydrogens (tertiary/aromatic N) is 2. The molecule has 2 amide bonds. The summed E-state index contributed by atoms with van der Waals surface area (Å²) in [5.74, 6) is -0.397. The van der Waals surface area contributed by atoms with Crippen LogP contribution in [0.1, 0.15) is 41.6 Å². The summed E-state index contributed by atoms with van der Waals surface area (Å²) in [5.41, 5.74) is 1.60. The second-order valence-corrected chi connectivity index (χ2v) is 6.96. The fourth-order valence-corrected chi connectivity index (χ4v) is 3.28. The quantitative estimate of drug-likeness (QED) is 0.467. The van der Waals surface area contributed by atoms with Crippen molar-refractivity contribution in [2.45, 2.75) is 25.7 Å². The molecule has 1 saturated heterocycles. The molecule has 0 aromatic heterocycles. The number of carbonyl (C=O) groups excluding carboxylic acids is 2. The number of rotatable bonds is 5. The molecule has 1 aliphatic heterocycles. The first kappa shape index (κ1) is 20.3. The first-order chi connectivity index (χ1) is 14.0. The molecule has 0 unspecified atom stereocenters. The van der Waals surface area contributed by atoms with Crippen LogP contribution in [0.4, 0.5) is 11.4 Å². The van der Waals surface area contributed by atoms with Crippen molar-refractivity contribution in [3.8, 4) is 0 Å². The maximum atomic E-state index is 12.7. The smallest absolute Gasteiger partial charge is 0.270 e. The molecule has 0 atom stereocenters. The molecule has 1 N–H and O–H groups in total. The van der Waals surface area contributed by atoms with Gasteiger partial charge in [0, 0.05) is 42.5 Å². The number of likely N-dealkylation sites (tertiary alicyclic amines) is 1. The van der Waals surface area contributed by atoms with Gasteiger partial charge in [-0.15, -0.1) is 0 Å². The van der Waals surface area contributed by atoms with Crippen molar-refractivity contribution < 1.29 is 14.5 Å². The summed E-state index contributed by atoms with van der Waals surface area (Å²) in [6.07, 6.45) is 7.15. The molecular weight excluding hydrogens is 370 g/mol. The third kappa shape index (κ3) is 5.75. The summed E-state index contributed by atoms with van der Waals surface area (Å²) < 4.78 is 0. The summed E-state index contributed by atoms with van der Waals surface area (Å²) in [7, 11) is 0. The molecule has 1 aliphatic rings. The average molecular weight is 393 g/mol. The molecule has 1 fully saturated rings. The molecule has 0 saturated carbocycles. The number of benzene rings is 2. The van der Waals surface area contributed by atoms with Gasteiger partial charge < -0.3 is 10.2 Å². The zero-order valence-electron chi connectivity index (χ0n) is 16.0. The Morgan fingerprint density at radius 2 is 1.72 bits per heavy atom. The lowest BCUT2D eigenvalue weighted by atomic mass is 10.1. The molecular formula is C22H23N3O4. The van der Waals surface area contributed by atoms with Crippen LogP contribution in [0.3, 0.4) is 0 Å². The van der Waals surface area contributed by atoms with Crippen LogP contribution in [0.15, 0.2) is 54.6 Å². The van der Waals surface area contributed by atoms with Gasteiger partial charge in [0.25, 0.3) is 11.6 Å². The highest BCUT2D eigenvalue weighted by molar-refractivity contribution is 6.03. The number of nitro benzene ring substituents is 1. The summed E-state index contributed by atoms with van der Waals surface area (Å²) in [6.45, 7) is 1.53. The van der Waals surface area contributed by atoms with Crippen molar-refractivity contribution in [1.82, 2.24) is 4.90 Å². The van der Waals surface area contributed by atoms with Crippen LogP contribution in [0.25, 0.3) is 6.08 Å². The number of anilines is 1. The maximum absolute atomic E-state index is 12.7. The van der Waals surface area contributed by atoms with Crippen molar-refractivity contribution in [2.75, 3.05) is 18.4 Å². The summed E-state index contributed by atoms with van der Waals surface area (Å²) in [6, 6.07) is 12.9. The Hall–Kier alpha value is -3.48. The zero-order valence-corrected chi connectivity index (χ0v) is 16.0. The number of hydrogen-bond acceptors (Lipinski definition) is 4. The minimum atomic E-state index is -0.482. The van der Waals surface area contributed by atoms with Gasteiger partial charge in [-0.2, -0.15) is 0 Å². The molecule has 2 aromatic rings. The number of carbonyl (C=O) groups is 2. The Bertz CT molecular complexity index is 931. The molecule has 150 valence electrons. The first-order valence-corrected chi connectivity index (χ1v) is 9.66. The van der Waals surface area contributed by atoms with E-state index in [2.05, 4.69) is 5.32 Å². The van der Waals surface area contributed by atoms with Crippen LogP contribution < -0.4 is 5.32 Å². The van der Waals surface area contributed by atoms with E-state index in [1.807, 2.05) is 4.90 Å². The number of nitrogens with one attached hydrogen (secondary N) is 1. The van der Waals surface area contributed by atoms with Crippen molar-refractivity contribution in [2.24, 2.45) is 0 Å². The maximum Gasteiger partial charge on any atom is 0.270 e. The topological polar surface area (TPSA) is 92.5 Å². The number of hydrogen-bond donors (Lipinski definition) is 1. The Morgan fingerprint density at radius 1 is 1.00 bits per heavy atom. The van der Waals surface area contributed by atoms with E-state index in [0.29, 0.717) is 16.8 Å². The highest BCUT2D eigenvalue weighted by atomic mass is 16.6. The van der Waals surface area contributed by atoms with Gasteiger partial charge in [-0.1, -0.05) is 31.0 Å². The van der Waals surface area contributed by atoms with E-state index in [1.165, 1.54) is 24.3 Å². The molecule has 3 rings (SSSR count). The van der Waals surface area contributed by atoms with Gasteiger partial charge in [-0.05, 0) is 42.7 Å². The largest absolute Gasteiger partial charge is 0.339 e. The third-order valence-corrected chi connectivity index (χ3v) is 4.78. The van der Waals surface area contributed by atoms with Crippen molar-refractivity contribution in [1.29, 1.82) is 0 Å². The minimum absolute atomic E-state index is 0.0184. The van der Waals surface area contributed by atoms with Crippen molar-refractivity contribution >= 4 is 29.3 Å². The molecule has 29 heavy (non-hydrogen) atoms. The van der Waals surface area contributed by atoms with E-state index in [4.69, 9.17) is 0 Å². The van der Waals surface area contributed by atoms with E-state index in [1.54, 1.807) is 36.4 Å². The Morgan fingerprint density at radius 3 is 2.45 bits per heavy atom. The number of nitro groups is 1. The Kier molecular flexibility index (Phi) is 6.73. The lowest BCUT2D eigenvalue weighted by Crippen LogP contribution is -2.31. The fourth-order valence-electron chi connectivity index (χ4n) is 3.28. The fraction of sp³-hybridized carbons (Fsp3) is 0.273. The second-order valence-electron chi connectivity index (χ2n) is 6.96. The number of non-ortho nitro benzene ring substituents is 1. The van der Waals surface area contributed by atoms with Crippen LogP contribution in [-0.2, 0) is 4.79 Å². The third-order valence-electron chi connectivity index (χ3n) is 4.78. The molecule has 1 heterocycles. The SMILES string of the molecule is O=C(/C=C/c1cccc([N+](=O)[O-])c1)Nc1cccc(C(=O)N2CCCCCC2)c1. The second kappa shape index (κ2) is 9.64. The minimum Gasteiger partial charge on any atom is -0.339 e. The first-order valence-electron chi connectivity index (χ1n) is 9.66. The van der Waals surface area contributed by atoms with Crippen LogP contribution in [0.2, 0.25) is 0 Å². The normalized spacial score (nSPS) is 14.4. The molecule has 0 bridgehead atoms.